The summed E-state index contributed by atoms with van der Waals surface area (Å²) in [6, 6.07) is 35.0. The Kier molecular flexibility index (Phi) is 18.5. The third kappa shape index (κ3) is 13.1. The number of Topliss-reactive ketones (excluding diaryl/α,β-unsaturated/α-hetero) is 1. The molecule has 1 aliphatic rings. The van der Waals surface area contributed by atoms with Crippen molar-refractivity contribution in [2.24, 2.45) is 5.73 Å². The van der Waals surface area contributed by atoms with Crippen molar-refractivity contribution in [1.82, 2.24) is 9.88 Å². The molecule has 8 N–H and O–H groups in total. The highest BCUT2D eigenvalue weighted by molar-refractivity contribution is 7.10. The number of aliphatic carboxylic acids is 1. The van der Waals surface area contributed by atoms with E-state index in [2.05, 4.69) is 29.0 Å². The number of amides is 2. The van der Waals surface area contributed by atoms with Gasteiger partial charge in [-0.25, -0.2) is 4.39 Å². The number of ketones is 1. The largest absolute Gasteiger partial charge is 0.507 e. The minimum absolute atomic E-state index is 0.0741. The zero-order valence-electron chi connectivity index (χ0n) is 37.5. The number of carboxylic acids is 1. The van der Waals surface area contributed by atoms with Crippen LogP contribution in [-0.2, 0) is 21.7 Å². The number of primary amides is 1. The molecular formula is C52H59FN4O8S. The Morgan fingerprint density at radius 3 is 2.06 bits per heavy atom. The van der Waals surface area contributed by atoms with E-state index >= 15 is 0 Å². The van der Waals surface area contributed by atoms with E-state index in [1.165, 1.54) is 29.1 Å². The molecule has 1 saturated carbocycles. The van der Waals surface area contributed by atoms with Crippen LogP contribution in [0.3, 0.4) is 0 Å². The molecule has 0 spiro atoms. The first-order chi connectivity index (χ1) is 31.7. The summed E-state index contributed by atoms with van der Waals surface area (Å²) in [4.78, 5) is 48.8. The average molecular weight is 919 g/mol. The molecule has 12 nitrogen and oxygen atoms in total. The Morgan fingerprint density at radius 1 is 0.848 bits per heavy atom. The molecule has 7 rings (SSSR count). The zero-order valence-corrected chi connectivity index (χ0v) is 38.3. The molecule has 0 bridgehead atoms. The van der Waals surface area contributed by atoms with Crippen molar-refractivity contribution in [3.8, 4) is 28.1 Å². The molecule has 0 radical (unpaired) electrons. The number of carboxylic acid groups (broad SMARTS) is 1. The van der Waals surface area contributed by atoms with Gasteiger partial charge in [0.15, 0.2) is 5.78 Å². The second-order valence-electron chi connectivity index (χ2n) is 16.3. The molecule has 66 heavy (non-hydrogen) atoms. The molecule has 2 heterocycles. The molecular weight excluding hydrogens is 860 g/mol. The normalized spacial score (nSPS) is 15.4. The van der Waals surface area contributed by atoms with Gasteiger partial charge in [0, 0.05) is 34.8 Å². The minimum atomic E-state index is -1.18. The molecule has 1 fully saturated rings. The van der Waals surface area contributed by atoms with Crippen molar-refractivity contribution < 1.29 is 44.0 Å². The van der Waals surface area contributed by atoms with Crippen LogP contribution in [0.15, 0.2) is 127 Å². The molecule has 6 aromatic rings. The maximum Gasteiger partial charge on any atom is 0.305 e. The maximum atomic E-state index is 14.0. The van der Waals surface area contributed by atoms with Gasteiger partial charge < -0.3 is 41.4 Å². The molecule has 0 saturated heterocycles. The third-order valence-corrected chi connectivity index (χ3v) is 12.2. The van der Waals surface area contributed by atoms with E-state index in [1.807, 2.05) is 85.1 Å². The molecule has 348 valence electrons. The van der Waals surface area contributed by atoms with Crippen molar-refractivity contribution >= 4 is 40.6 Å². The highest BCUT2D eigenvalue weighted by Gasteiger charge is 2.41. The molecule has 2 aromatic heterocycles. The van der Waals surface area contributed by atoms with E-state index < -0.39 is 30.5 Å². The first-order valence-corrected chi connectivity index (χ1v) is 23.0. The SMILES string of the molecule is CC(C)c1c(C(=O)Nc2ccccc2)c(-c2ccccc2)c(-c2ccc(F)cc2)n1CC[C@@H](O)C[C@@H](O)CC(=O)O.CCNC1(c2cccs2)CCCCC1=O.NC(=O)c1ccccc1O. The molecule has 0 aliphatic heterocycles. The lowest BCUT2D eigenvalue weighted by Gasteiger charge is -2.35. The van der Waals surface area contributed by atoms with Gasteiger partial charge >= 0.3 is 5.97 Å². The van der Waals surface area contributed by atoms with E-state index in [0.717, 1.165) is 43.5 Å². The zero-order chi connectivity index (χ0) is 47.8. The number of carbonyl (C=O) groups excluding carboxylic acids is 3. The summed E-state index contributed by atoms with van der Waals surface area (Å²) in [5.74, 6) is -2.25. The first-order valence-electron chi connectivity index (χ1n) is 22.1. The number of thiophene rings is 1. The summed E-state index contributed by atoms with van der Waals surface area (Å²) in [6.07, 6.45) is 1.38. The molecule has 3 atom stereocenters. The van der Waals surface area contributed by atoms with Gasteiger partial charge in [0.1, 0.15) is 17.1 Å². The number of aromatic nitrogens is 1. The number of benzene rings is 4. The van der Waals surface area contributed by atoms with Crippen LogP contribution >= 0.6 is 11.3 Å². The van der Waals surface area contributed by atoms with E-state index in [1.54, 1.807) is 35.6 Å². The van der Waals surface area contributed by atoms with Crippen molar-refractivity contribution in [3.63, 3.8) is 0 Å². The summed E-state index contributed by atoms with van der Waals surface area (Å²) in [5, 5.41) is 47.2. The number of para-hydroxylation sites is 2. The smallest absolute Gasteiger partial charge is 0.305 e. The van der Waals surface area contributed by atoms with Crippen molar-refractivity contribution in [2.45, 2.75) is 95.9 Å². The fraction of sp³-hybridized carbons (Fsp3) is 0.308. The van der Waals surface area contributed by atoms with Gasteiger partial charge in [-0.1, -0.05) is 93.9 Å². The number of aliphatic hydroxyl groups is 2. The number of anilines is 1. The summed E-state index contributed by atoms with van der Waals surface area (Å²) in [5.41, 5.74) is 9.48. The van der Waals surface area contributed by atoms with E-state index in [9.17, 15) is 33.8 Å². The fourth-order valence-corrected chi connectivity index (χ4v) is 9.22. The third-order valence-electron chi connectivity index (χ3n) is 11.2. The number of likely N-dealkylation sites (N-methyl/N-ethyl adjacent to an activating group) is 1. The van der Waals surface area contributed by atoms with Gasteiger partial charge in [0.25, 0.3) is 11.8 Å². The van der Waals surface area contributed by atoms with Crippen LogP contribution in [0.2, 0.25) is 0 Å². The maximum absolute atomic E-state index is 14.0. The van der Waals surface area contributed by atoms with Gasteiger partial charge in [-0.15, -0.1) is 11.3 Å². The highest BCUT2D eigenvalue weighted by atomic mass is 32.1. The highest BCUT2D eigenvalue weighted by Crippen LogP contribution is 2.43. The topological polar surface area (TPSA) is 204 Å². The number of halogens is 1. The van der Waals surface area contributed by atoms with Crippen LogP contribution in [0.4, 0.5) is 10.1 Å². The van der Waals surface area contributed by atoms with Gasteiger partial charge in [0.2, 0.25) is 0 Å². The number of nitrogens with two attached hydrogens (primary N) is 1. The second-order valence-corrected chi connectivity index (χ2v) is 17.3. The number of phenols is 1. The lowest BCUT2D eigenvalue weighted by Crippen LogP contribution is -2.50. The number of hydrogen-bond donors (Lipinski definition) is 7. The molecule has 2 amide bonds. The molecule has 4 aromatic carbocycles. The molecule has 1 unspecified atom stereocenters. The lowest BCUT2D eigenvalue weighted by atomic mass is 9.79. The summed E-state index contributed by atoms with van der Waals surface area (Å²) < 4.78 is 16.0. The van der Waals surface area contributed by atoms with Gasteiger partial charge in [-0.3, -0.25) is 19.2 Å². The van der Waals surface area contributed by atoms with E-state index in [-0.39, 0.29) is 53.9 Å². The summed E-state index contributed by atoms with van der Waals surface area (Å²) >= 11 is 1.69. The Hall–Kier alpha value is -6.45. The van der Waals surface area contributed by atoms with Crippen molar-refractivity contribution in [3.05, 3.63) is 154 Å². The summed E-state index contributed by atoms with van der Waals surface area (Å²) in [6.45, 7) is 7.17. The number of rotatable bonds is 16. The van der Waals surface area contributed by atoms with Crippen LogP contribution < -0.4 is 16.4 Å². The monoisotopic (exact) mass is 918 g/mol. The number of nitrogens with one attached hydrogen (secondary N) is 2. The number of carbonyl (C=O) groups is 4. The predicted molar refractivity (Wildman–Crippen MR) is 257 cm³/mol. The number of nitrogens with zero attached hydrogens (tertiary/aromatic N) is 1. The lowest BCUT2D eigenvalue weighted by molar-refractivity contribution is -0.139. The number of aromatic hydroxyl groups is 1. The fourth-order valence-electron chi connectivity index (χ4n) is 8.27. The number of hydrogen-bond acceptors (Lipinski definition) is 9. The van der Waals surface area contributed by atoms with Crippen LogP contribution in [-0.4, -0.2) is 67.3 Å². The van der Waals surface area contributed by atoms with Gasteiger partial charge in [-0.2, -0.15) is 0 Å². The van der Waals surface area contributed by atoms with Crippen LogP contribution in [0.1, 0.15) is 103 Å². The Morgan fingerprint density at radius 2 is 1.50 bits per heavy atom. The quantitative estimate of drug-likeness (QED) is 0.0493. The minimum Gasteiger partial charge on any atom is -0.507 e. The standard InChI is InChI=1S/C33H35FN2O5.C12H17NOS.C7H7NO2/c1-21(2)31-30(33(41)35-25-11-7-4-8-12-25)29(22-9-5-3-6-10-22)32(23-13-15-24(34)16-14-23)36(31)18-17-26(37)19-27(38)20-28(39)40;1-2-13-12(11-7-5-9-15-11)8-4-3-6-10(12)14;8-7(10)5-3-1-2-4-6(5)9/h3-16,21,26-27,37-38H,17-20H2,1-2H3,(H,35,41)(H,39,40);5,7,9,13H,2-4,6,8H2,1H3;1-4,9H,(H2,8,10)/t26-,27-;;/m1../s1. The van der Waals surface area contributed by atoms with Gasteiger partial charge in [-0.05, 0) is 109 Å². The predicted octanol–water partition coefficient (Wildman–Crippen LogP) is 9.50. The average Bonchev–Trinajstić information content (AvgIpc) is 3.96. The van der Waals surface area contributed by atoms with Crippen LogP contribution in [0, 0.1) is 5.82 Å². The van der Waals surface area contributed by atoms with Crippen LogP contribution in [0.5, 0.6) is 5.75 Å². The Balaban J connectivity index is 0.000000263. The summed E-state index contributed by atoms with van der Waals surface area (Å²) in [7, 11) is 0. The van der Waals surface area contributed by atoms with Crippen molar-refractivity contribution in [1.29, 1.82) is 0 Å². The first kappa shape index (κ1) is 50.5. The van der Waals surface area contributed by atoms with Gasteiger partial charge in [0.05, 0.1) is 35.4 Å². The molecule has 14 heteroatoms. The Bertz CT molecular complexity index is 2510. The number of aliphatic hydroxyl groups excluding tert-OH is 2. The van der Waals surface area contributed by atoms with Crippen molar-refractivity contribution in [2.75, 3.05) is 11.9 Å². The second kappa shape index (κ2) is 24.2. The van der Waals surface area contributed by atoms with Crippen LogP contribution in [0.25, 0.3) is 22.4 Å². The Labute approximate surface area is 389 Å². The van der Waals surface area contributed by atoms with E-state index in [4.69, 9.17) is 15.9 Å². The molecule has 1 aliphatic carbocycles. The van der Waals surface area contributed by atoms with E-state index in [0.29, 0.717) is 33.9 Å².